The largest absolute Gasteiger partial charge is 0.393 e. The lowest BCUT2D eigenvalue weighted by Crippen LogP contribution is -2.39. The van der Waals surface area contributed by atoms with Crippen molar-refractivity contribution < 1.29 is 9.18 Å². The molecule has 1 heterocycles. The molecule has 1 saturated heterocycles. The Morgan fingerprint density at radius 3 is 2.64 bits per heavy atom. The van der Waals surface area contributed by atoms with Crippen LogP contribution in [-0.2, 0) is 4.79 Å². The molecule has 1 fully saturated rings. The van der Waals surface area contributed by atoms with Crippen molar-refractivity contribution in [3.05, 3.63) is 11.1 Å². The van der Waals surface area contributed by atoms with E-state index in [0.717, 1.165) is 0 Å². The number of halogens is 1. The number of hydrogen-bond donors (Lipinski definition) is 2. The fourth-order valence-corrected chi connectivity index (χ4v) is 1.68. The Hall–Kier alpha value is -0.710. The maximum atomic E-state index is 12.8. The van der Waals surface area contributed by atoms with Crippen molar-refractivity contribution in [3.63, 3.8) is 0 Å². The Morgan fingerprint density at radius 1 is 1.57 bits per heavy atom. The van der Waals surface area contributed by atoms with Crippen LogP contribution in [0.3, 0.4) is 0 Å². The van der Waals surface area contributed by atoms with E-state index in [0.29, 0.717) is 30.8 Å². The number of thiol groups is 1. The minimum atomic E-state index is -0.754. The molecule has 0 atom stereocenters. The highest BCUT2D eigenvalue weighted by Gasteiger charge is 2.23. The van der Waals surface area contributed by atoms with E-state index in [4.69, 9.17) is 0 Å². The van der Waals surface area contributed by atoms with Gasteiger partial charge in [0.1, 0.15) is 6.17 Å². The van der Waals surface area contributed by atoms with Crippen molar-refractivity contribution in [2.45, 2.75) is 19.0 Å². The van der Waals surface area contributed by atoms with Crippen LogP contribution in [-0.4, -0.2) is 37.1 Å². The van der Waals surface area contributed by atoms with Crippen LogP contribution in [0, 0.1) is 0 Å². The van der Waals surface area contributed by atoms with E-state index in [1.807, 2.05) is 0 Å². The summed E-state index contributed by atoms with van der Waals surface area (Å²) in [5, 5.41) is 2.74. The molecule has 3 nitrogen and oxygen atoms in total. The molecule has 0 radical (unpaired) electrons. The van der Waals surface area contributed by atoms with Crippen LogP contribution in [0.2, 0.25) is 0 Å². The smallest absolute Gasteiger partial charge is 0.261 e. The number of hydrogen-bond acceptors (Lipinski definition) is 3. The number of likely N-dealkylation sites (tertiary alicyclic amines) is 1. The highest BCUT2D eigenvalue weighted by Crippen LogP contribution is 2.16. The molecule has 0 aromatic carbocycles. The predicted molar refractivity (Wildman–Crippen MR) is 56.8 cm³/mol. The maximum Gasteiger partial charge on any atom is 0.261 e. The number of carbonyl (C=O) groups is 1. The standard InChI is InChI=1S/C9H15FN2OS/c1-11-6-8(14)9(13)12-4-2-7(10)3-5-12/h6-7,11,14H,2-5H2,1H3/b8-6-. The lowest BCUT2D eigenvalue weighted by Gasteiger charge is -2.28. The molecule has 1 amide bonds. The number of nitrogens with one attached hydrogen (secondary N) is 1. The second-order valence-electron chi connectivity index (χ2n) is 3.29. The third-order valence-corrected chi connectivity index (χ3v) is 2.53. The molecular formula is C9H15FN2OS. The molecule has 1 rings (SSSR count). The van der Waals surface area contributed by atoms with Gasteiger partial charge in [0.2, 0.25) is 0 Å². The van der Waals surface area contributed by atoms with Gasteiger partial charge in [-0.3, -0.25) is 4.79 Å². The molecule has 0 spiro atoms. The average Bonchev–Trinajstić information content (AvgIpc) is 2.18. The van der Waals surface area contributed by atoms with Crippen molar-refractivity contribution in [2.75, 3.05) is 20.1 Å². The summed E-state index contributed by atoms with van der Waals surface area (Å²) in [5.74, 6) is -0.130. The van der Waals surface area contributed by atoms with Gasteiger partial charge >= 0.3 is 0 Å². The van der Waals surface area contributed by atoms with E-state index in [9.17, 15) is 9.18 Å². The number of rotatable bonds is 2. The Labute approximate surface area is 88.8 Å². The normalized spacial score (nSPS) is 19.6. The van der Waals surface area contributed by atoms with Gasteiger partial charge in [-0.2, -0.15) is 0 Å². The first kappa shape index (κ1) is 11.4. The van der Waals surface area contributed by atoms with E-state index >= 15 is 0 Å². The molecule has 0 bridgehead atoms. The van der Waals surface area contributed by atoms with Crippen LogP contribution in [0.1, 0.15) is 12.8 Å². The number of amides is 1. The van der Waals surface area contributed by atoms with Gasteiger partial charge in [-0.05, 0) is 12.8 Å². The summed E-state index contributed by atoms with van der Waals surface area (Å²) in [7, 11) is 1.71. The fraction of sp³-hybridized carbons (Fsp3) is 0.667. The second-order valence-corrected chi connectivity index (χ2v) is 3.77. The Balaban J connectivity index is 2.49. The van der Waals surface area contributed by atoms with Crippen LogP contribution in [0.5, 0.6) is 0 Å². The first-order chi connectivity index (χ1) is 6.65. The van der Waals surface area contributed by atoms with Gasteiger partial charge in [-0.25, -0.2) is 4.39 Å². The summed E-state index contributed by atoms with van der Waals surface area (Å²) in [4.78, 5) is 13.6. The van der Waals surface area contributed by atoms with E-state index in [-0.39, 0.29) is 5.91 Å². The third kappa shape index (κ3) is 2.90. The van der Waals surface area contributed by atoms with E-state index in [2.05, 4.69) is 17.9 Å². The molecular weight excluding hydrogens is 203 g/mol. The topological polar surface area (TPSA) is 32.3 Å². The van der Waals surface area contributed by atoms with Crippen molar-refractivity contribution in [2.24, 2.45) is 0 Å². The zero-order valence-electron chi connectivity index (χ0n) is 8.16. The van der Waals surface area contributed by atoms with E-state index < -0.39 is 6.17 Å². The van der Waals surface area contributed by atoms with Gasteiger partial charge in [0.15, 0.2) is 0 Å². The van der Waals surface area contributed by atoms with Gasteiger partial charge in [0.25, 0.3) is 5.91 Å². The van der Waals surface area contributed by atoms with Gasteiger partial charge in [0, 0.05) is 26.3 Å². The maximum absolute atomic E-state index is 12.8. The molecule has 0 saturated carbocycles. The molecule has 1 aliphatic rings. The van der Waals surface area contributed by atoms with Crippen LogP contribution in [0.4, 0.5) is 4.39 Å². The molecule has 1 aliphatic heterocycles. The molecule has 1 N–H and O–H groups in total. The number of piperidine rings is 1. The SMILES string of the molecule is CN/C=C(\S)C(=O)N1CCC(F)CC1. The Kier molecular flexibility index (Phi) is 4.25. The monoisotopic (exact) mass is 218 g/mol. The summed E-state index contributed by atoms with van der Waals surface area (Å²) in [6.07, 6.45) is 1.65. The van der Waals surface area contributed by atoms with Crippen molar-refractivity contribution in [1.29, 1.82) is 0 Å². The quantitative estimate of drug-likeness (QED) is 0.534. The zero-order chi connectivity index (χ0) is 10.6. The molecule has 80 valence electrons. The van der Waals surface area contributed by atoms with E-state index in [1.54, 1.807) is 11.9 Å². The average molecular weight is 218 g/mol. The molecule has 0 aromatic rings. The van der Waals surface area contributed by atoms with Crippen molar-refractivity contribution in [1.82, 2.24) is 10.2 Å². The van der Waals surface area contributed by atoms with Gasteiger partial charge < -0.3 is 10.2 Å². The second kappa shape index (κ2) is 5.24. The highest BCUT2D eigenvalue weighted by atomic mass is 32.1. The number of carbonyl (C=O) groups excluding carboxylic acids is 1. The minimum absolute atomic E-state index is 0.130. The Morgan fingerprint density at radius 2 is 2.14 bits per heavy atom. The molecule has 5 heteroatoms. The van der Waals surface area contributed by atoms with Crippen LogP contribution in [0.15, 0.2) is 11.1 Å². The van der Waals surface area contributed by atoms with E-state index in [1.165, 1.54) is 6.20 Å². The predicted octanol–water partition coefficient (Wildman–Crippen LogP) is 0.938. The summed E-state index contributed by atoms with van der Waals surface area (Å²) in [6, 6.07) is 0. The number of alkyl halides is 1. The summed E-state index contributed by atoms with van der Waals surface area (Å²) in [6.45, 7) is 0.975. The summed E-state index contributed by atoms with van der Waals surface area (Å²) < 4.78 is 12.8. The Bertz CT molecular complexity index is 237. The summed E-state index contributed by atoms with van der Waals surface area (Å²) >= 11 is 4.05. The first-order valence-corrected chi connectivity index (χ1v) is 5.09. The zero-order valence-corrected chi connectivity index (χ0v) is 9.06. The van der Waals surface area contributed by atoms with Crippen LogP contribution < -0.4 is 5.32 Å². The van der Waals surface area contributed by atoms with Crippen molar-refractivity contribution >= 4 is 18.5 Å². The summed E-state index contributed by atoms with van der Waals surface area (Å²) in [5.41, 5.74) is 0. The third-order valence-electron chi connectivity index (χ3n) is 2.21. The minimum Gasteiger partial charge on any atom is -0.393 e. The highest BCUT2D eigenvalue weighted by molar-refractivity contribution is 7.85. The fourth-order valence-electron chi connectivity index (χ4n) is 1.41. The molecule has 0 aliphatic carbocycles. The van der Waals surface area contributed by atoms with Gasteiger partial charge in [-0.15, -0.1) is 12.6 Å². The van der Waals surface area contributed by atoms with Crippen LogP contribution in [0.25, 0.3) is 0 Å². The first-order valence-electron chi connectivity index (χ1n) is 4.65. The lowest BCUT2D eigenvalue weighted by molar-refractivity contribution is -0.127. The molecule has 0 unspecified atom stereocenters. The van der Waals surface area contributed by atoms with Gasteiger partial charge in [-0.1, -0.05) is 0 Å². The van der Waals surface area contributed by atoms with Gasteiger partial charge in [0.05, 0.1) is 4.91 Å². The van der Waals surface area contributed by atoms with Crippen molar-refractivity contribution in [3.8, 4) is 0 Å². The van der Waals surface area contributed by atoms with Crippen LogP contribution >= 0.6 is 12.6 Å². The number of nitrogens with zero attached hydrogens (tertiary/aromatic N) is 1. The lowest BCUT2D eigenvalue weighted by atomic mass is 10.1. The molecule has 14 heavy (non-hydrogen) atoms. The molecule has 0 aromatic heterocycles.